The first-order valence-corrected chi connectivity index (χ1v) is 5.54. The van der Waals surface area contributed by atoms with Crippen molar-refractivity contribution >= 4 is 10.1 Å². The standard InChI is InChI=1S/C6H5F9O4S/c1-18-20(16,17)6(14,15)4(10,11)3(8,9)5(12,13)19-2-7/h2H2,1H3. The van der Waals surface area contributed by atoms with E-state index in [0.717, 1.165) is 0 Å². The van der Waals surface area contributed by atoms with Crippen molar-refractivity contribution in [1.82, 2.24) is 0 Å². The molecule has 0 aliphatic carbocycles. The van der Waals surface area contributed by atoms with Gasteiger partial charge in [0.25, 0.3) is 0 Å². The molecular formula is C6H5F9O4S. The Balaban J connectivity index is 5.98. The Hall–Kier alpha value is -0.760. The third-order valence-corrected chi connectivity index (χ3v) is 3.22. The summed E-state index contributed by atoms with van der Waals surface area (Å²) >= 11 is 0. The minimum absolute atomic E-state index is 0.0896. The summed E-state index contributed by atoms with van der Waals surface area (Å²) in [5.41, 5.74) is 0. The van der Waals surface area contributed by atoms with Crippen LogP contribution in [0, 0.1) is 0 Å². The van der Waals surface area contributed by atoms with Crippen LogP contribution in [0.1, 0.15) is 0 Å². The van der Waals surface area contributed by atoms with Crippen molar-refractivity contribution in [3.63, 3.8) is 0 Å². The molecule has 0 aromatic carbocycles. The highest BCUT2D eigenvalue weighted by molar-refractivity contribution is 7.87. The maximum absolute atomic E-state index is 12.8. The summed E-state index contributed by atoms with van der Waals surface area (Å²) < 4.78 is 139. The molecule has 0 aromatic rings. The van der Waals surface area contributed by atoms with E-state index < -0.39 is 40.2 Å². The quantitative estimate of drug-likeness (QED) is 0.526. The van der Waals surface area contributed by atoms with Crippen LogP contribution < -0.4 is 0 Å². The normalized spacial score (nSPS) is 15.5. The first-order chi connectivity index (χ1) is 8.62. The average molecular weight is 344 g/mol. The molecule has 0 spiro atoms. The van der Waals surface area contributed by atoms with Gasteiger partial charge in [0.2, 0.25) is 0 Å². The van der Waals surface area contributed by atoms with Gasteiger partial charge in [0.15, 0.2) is 6.86 Å². The summed E-state index contributed by atoms with van der Waals surface area (Å²) in [6, 6.07) is 0. The van der Waals surface area contributed by atoms with E-state index >= 15 is 0 Å². The molecule has 0 saturated heterocycles. The topological polar surface area (TPSA) is 52.6 Å². The second-order valence-electron chi connectivity index (χ2n) is 3.06. The molecule has 0 radical (unpaired) electrons. The Morgan fingerprint density at radius 1 is 0.900 bits per heavy atom. The number of ether oxygens (including phenoxy) is 1. The van der Waals surface area contributed by atoms with Crippen LogP contribution >= 0.6 is 0 Å². The second-order valence-corrected chi connectivity index (χ2v) is 4.81. The molecule has 0 unspecified atom stereocenters. The van der Waals surface area contributed by atoms with Gasteiger partial charge in [-0.1, -0.05) is 0 Å². The fourth-order valence-electron chi connectivity index (χ4n) is 0.786. The Labute approximate surface area is 105 Å². The largest absolute Gasteiger partial charge is 0.438 e. The summed E-state index contributed by atoms with van der Waals surface area (Å²) in [6.45, 7) is -2.72. The van der Waals surface area contributed by atoms with Crippen molar-refractivity contribution < 1.29 is 56.9 Å². The lowest BCUT2D eigenvalue weighted by Crippen LogP contribution is -2.65. The number of rotatable bonds is 7. The molecule has 0 fully saturated rings. The van der Waals surface area contributed by atoms with Gasteiger partial charge in [0.1, 0.15) is 0 Å². The first kappa shape index (κ1) is 19.2. The van der Waals surface area contributed by atoms with Crippen LogP contribution in [0.25, 0.3) is 0 Å². The molecular weight excluding hydrogens is 339 g/mol. The molecule has 0 aliphatic heterocycles. The van der Waals surface area contributed by atoms with Crippen LogP contribution in [0.5, 0.6) is 0 Å². The monoisotopic (exact) mass is 344 g/mol. The van der Waals surface area contributed by atoms with Crippen LogP contribution in [0.2, 0.25) is 0 Å². The van der Waals surface area contributed by atoms with E-state index in [1.807, 2.05) is 0 Å². The van der Waals surface area contributed by atoms with Gasteiger partial charge in [0.05, 0.1) is 7.11 Å². The van der Waals surface area contributed by atoms with Crippen LogP contribution in [0.3, 0.4) is 0 Å². The Morgan fingerprint density at radius 2 is 1.30 bits per heavy atom. The smallest absolute Gasteiger partial charge is 0.283 e. The molecule has 0 amide bonds. The zero-order valence-electron chi connectivity index (χ0n) is 9.15. The van der Waals surface area contributed by atoms with Crippen molar-refractivity contribution in [1.29, 1.82) is 0 Å². The molecule has 0 heterocycles. The summed E-state index contributed by atoms with van der Waals surface area (Å²) in [7, 11) is -6.75. The summed E-state index contributed by atoms with van der Waals surface area (Å²) in [4.78, 5) is 0. The molecule has 122 valence electrons. The molecule has 0 atom stereocenters. The van der Waals surface area contributed by atoms with Crippen molar-refractivity contribution in [2.45, 2.75) is 23.2 Å². The van der Waals surface area contributed by atoms with Crippen LogP contribution in [-0.2, 0) is 19.0 Å². The van der Waals surface area contributed by atoms with E-state index in [1.165, 1.54) is 0 Å². The second kappa shape index (κ2) is 5.22. The predicted octanol–water partition coefficient (Wildman–Crippen LogP) is 2.36. The van der Waals surface area contributed by atoms with Gasteiger partial charge in [-0.2, -0.15) is 43.5 Å². The molecule has 20 heavy (non-hydrogen) atoms. The first-order valence-electron chi connectivity index (χ1n) is 4.13. The van der Waals surface area contributed by atoms with E-state index in [0.29, 0.717) is 0 Å². The van der Waals surface area contributed by atoms with Crippen molar-refractivity contribution in [2.75, 3.05) is 14.0 Å². The molecule has 0 bridgehead atoms. The SMILES string of the molecule is COS(=O)(=O)C(F)(F)C(F)(F)C(F)(F)C(F)(F)OCF. The van der Waals surface area contributed by atoms with Gasteiger partial charge in [-0.3, -0.25) is 8.92 Å². The minimum atomic E-state index is -7.16. The summed E-state index contributed by atoms with van der Waals surface area (Å²) in [6.07, 6.45) is -6.40. The van der Waals surface area contributed by atoms with Crippen LogP contribution in [-0.4, -0.2) is 45.6 Å². The maximum atomic E-state index is 12.8. The Bertz CT molecular complexity index is 445. The molecule has 0 saturated carbocycles. The third kappa shape index (κ3) is 2.55. The average Bonchev–Trinajstić information content (AvgIpc) is 2.27. The van der Waals surface area contributed by atoms with E-state index in [9.17, 15) is 47.9 Å². The number of alkyl halides is 9. The van der Waals surface area contributed by atoms with E-state index in [2.05, 4.69) is 8.92 Å². The van der Waals surface area contributed by atoms with Gasteiger partial charge in [-0.05, 0) is 0 Å². The Kier molecular flexibility index (Phi) is 5.02. The number of halogens is 9. The van der Waals surface area contributed by atoms with Crippen LogP contribution in [0.4, 0.5) is 39.5 Å². The van der Waals surface area contributed by atoms with Crippen LogP contribution in [0.15, 0.2) is 0 Å². The van der Waals surface area contributed by atoms with Gasteiger partial charge < -0.3 is 0 Å². The molecule has 14 heteroatoms. The van der Waals surface area contributed by atoms with E-state index in [1.54, 1.807) is 0 Å². The van der Waals surface area contributed by atoms with Gasteiger partial charge in [0, 0.05) is 0 Å². The highest BCUT2D eigenvalue weighted by Crippen LogP contribution is 2.54. The maximum Gasteiger partial charge on any atom is 0.438 e. The molecule has 0 N–H and O–H groups in total. The predicted molar refractivity (Wildman–Crippen MR) is 42.8 cm³/mol. The number of hydrogen-bond donors (Lipinski definition) is 0. The fourth-order valence-corrected chi connectivity index (χ4v) is 1.44. The molecule has 0 rings (SSSR count). The molecule has 0 aromatic heterocycles. The van der Waals surface area contributed by atoms with Crippen molar-refractivity contribution in [3.05, 3.63) is 0 Å². The zero-order chi connectivity index (χ0) is 16.6. The van der Waals surface area contributed by atoms with Gasteiger partial charge in [-0.25, -0.2) is 4.39 Å². The lowest BCUT2D eigenvalue weighted by atomic mass is 10.1. The summed E-state index contributed by atoms with van der Waals surface area (Å²) in [5.74, 6) is -14.2. The lowest BCUT2D eigenvalue weighted by molar-refractivity contribution is -0.422. The van der Waals surface area contributed by atoms with Gasteiger partial charge >= 0.3 is 33.3 Å². The zero-order valence-corrected chi connectivity index (χ0v) is 9.97. The molecule has 0 aliphatic rings. The molecule has 4 nitrogen and oxygen atoms in total. The third-order valence-electron chi connectivity index (χ3n) is 1.89. The van der Waals surface area contributed by atoms with E-state index in [-0.39, 0.29) is 7.11 Å². The van der Waals surface area contributed by atoms with E-state index in [4.69, 9.17) is 0 Å². The lowest BCUT2D eigenvalue weighted by Gasteiger charge is -2.34. The highest BCUT2D eigenvalue weighted by atomic mass is 32.2. The minimum Gasteiger partial charge on any atom is -0.283 e. The van der Waals surface area contributed by atoms with Crippen molar-refractivity contribution in [2.24, 2.45) is 0 Å². The fraction of sp³-hybridized carbons (Fsp3) is 1.00. The number of hydrogen-bond acceptors (Lipinski definition) is 4. The van der Waals surface area contributed by atoms with Gasteiger partial charge in [-0.15, -0.1) is 0 Å². The highest BCUT2D eigenvalue weighted by Gasteiger charge is 2.85. The Morgan fingerprint density at radius 3 is 1.60 bits per heavy atom. The summed E-state index contributed by atoms with van der Waals surface area (Å²) in [5, 5.41) is -6.73. The van der Waals surface area contributed by atoms with Crippen molar-refractivity contribution in [3.8, 4) is 0 Å².